The van der Waals surface area contributed by atoms with Crippen molar-refractivity contribution in [3.63, 3.8) is 0 Å². The van der Waals surface area contributed by atoms with Gasteiger partial charge < -0.3 is 30.5 Å². The Bertz CT molecular complexity index is 230. The van der Waals surface area contributed by atoms with Crippen LogP contribution in [0.15, 0.2) is 23.8 Å². The van der Waals surface area contributed by atoms with Gasteiger partial charge in [-0.25, -0.2) is 0 Å². The van der Waals surface area contributed by atoms with Crippen LogP contribution in [0.3, 0.4) is 0 Å². The number of hydrogen-bond donors (Lipinski definition) is 0. The summed E-state index contributed by atoms with van der Waals surface area (Å²) in [5, 5.41) is 0. The average molecular weight is 336 g/mol. The normalized spacial score (nSPS) is 11.0. The van der Waals surface area contributed by atoms with Crippen LogP contribution in [0.2, 0.25) is 4.73 Å². The average Bonchev–Trinajstić information content (AvgIpc) is 2.58. The summed E-state index contributed by atoms with van der Waals surface area (Å²) in [7, 11) is 7.98. The van der Waals surface area contributed by atoms with Crippen LogP contribution < -0.4 is 24.8 Å². The molecule has 6 heteroatoms. The van der Waals surface area contributed by atoms with Crippen molar-refractivity contribution in [2.75, 3.05) is 6.54 Å². The second-order valence-electron chi connectivity index (χ2n) is 3.25. The van der Waals surface area contributed by atoms with Gasteiger partial charge in [-0.1, -0.05) is 19.8 Å². The van der Waals surface area contributed by atoms with Crippen LogP contribution in [0.1, 0.15) is 26.2 Å². The van der Waals surface area contributed by atoms with Crippen molar-refractivity contribution >= 4 is 16.9 Å². The summed E-state index contributed by atoms with van der Waals surface area (Å²) < 4.78 is 1.22. The summed E-state index contributed by atoms with van der Waals surface area (Å²) in [6, 6.07) is 0. The monoisotopic (exact) mass is 334 g/mol. The van der Waals surface area contributed by atoms with Gasteiger partial charge in [0, 0.05) is 0 Å². The van der Waals surface area contributed by atoms with Crippen molar-refractivity contribution in [1.29, 1.82) is 0 Å². The first-order chi connectivity index (χ1) is 6.70. The minimum absolute atomic E-state index is 0. The summed E-state index contributed by atoms with van der Waals surface area (Å²) in [5.74, 6) is 0. The maximum atomic E-state index is 6.60. The Morgan fingerprint density at radius 2 is 2.12 bits per heavy atom. The van der Waals surface area contributed by atoms with E-state index in [9.17, 15) is 0 Å². The van der Waals surface area contributed by atoms with Gasteiger partial charge >= 0.3 is 67.4 Å². The molecule has 1 rings (SSSR count). The molecule has 1 aliphatic carbocycles. The van der Waals surface area contributed by atoms with Gasteiger partial charge in [0.2, 0.25) is 0 Å². The molecule has 0 bridgehead atoms. The molecule has 0 heterocycles. The molecule has 0 aromatic heterocycles. The SMILES string of the molecule is CCCC[NH-].[Cl-].[Cl-].[SiH2]=[Ti+3]([Cl])[CH2]C1=CC=CC1. The molecule has 93 valence electrons. The van der Waals surface area contributed by atoms with Gasteiger partial charge in [-0.15, -0.1) is 0 Å². The van der Waals surface area contributed by atoms with Crippen molar-refractivity contribution in [1.82, 2.24) is 0 Å². The molecule has 16 heavy (non-hydrogen) atoms. The van der Waals surface area contributed by atoms with Crippen molar-refractivity contribution in [3.05, 3.63) is 29.5 Å². The van der Waals surface area contributed by atoms with E-state index in [1.165, 1.54) is 10.3 Å². The summed E-state index contributed by atoms with van der Waals surface area (Å²) in [6.45, 7) is 2.69. The molecule has 0 aromatic carbocycles. The van der Waals surface area contributed by atoms with E-state index in [-0.39, 0.29) is 24.8 Å². The Morgan fingerprint density at radius 1 is 1.50 bits per heavy atom. The summed E-state index contributed by atoms with van der Waals surface area (Å²) in [6.07, 6.45) is 9.88. The Kier molecular flexibility index (Phi) is 22.8. The second-order valence-corrected chi connectivity index (χ2v) is 13.0. The van der Waals surface area contributed by atoms with E-state index in [1.807, 2.05) is 7.63 Å². The fourth-order valence-electron chi connectivity index (χ4n) is 1.05. The first-order valence-electron chi connectivity index (χ1n) is 5.03. The molecule has 1 aliphatic rings. The van der Waals surface area contributed by atoms with Crippen LogP contribution in [-0.4, -0.2) is 14.2 Å². The Morgan fingerprint density at radius 3 is 2.38 bits per heavy atom. The molecule has 0 aliphatic heterocycles. The third-order valence-corrected chi connectivity index (χ3v) is 4.69. The molecular weight excluding hydrogens is 316 g/mol. The van der Waals surface area contributed by atoms with E-state index in [4.69, 9.17) is 15.0 Å². The van der Waals surface area contributed by atoms with E-state index >= 15 is 0 Å². The van der Waals surface area contributed by atoms with Gasteiger partial charge in [0.25, 0.3) is 0 Å². The minimum atomic E-state index is -1.06. The third kappa shape index (κ3) is 15.2. The molecule has 0 spiro atoms. The molecule has 0 saturated heterocycles. The number of rotatable bonds is 4. The molecule has 0 radical (unpaired) electrons. The van der Waals surface area contributed by atoms with Crippen LogP contribution in [-0.2, 0) is 15.5 Å². The summed E-state index contributed by atoms with van der Waals surface area (Å²) >= 11 is -1.06. The Labute approximate surface area is 123 Å². The van der Waals surface area contributed by atoms with E-state index in [2.05, 4.69) is 25.2 Å². The fraction of sp³-hybridized carbons (Fsp3) is 0.600. The fourth-order valence-corrected chi connectivity index (χ4v) is 4.26. The number of hydrogen-bond acceptors (Lipinski definition) is 0. The molecule has 1 nitrogen and oxygen atoms in total. The van der Waals surface area contributed by atoms with Crippen LogP contribution in [0.4, 0.5) is 0 Å². The van der Waals surface area contributed by atoms with Gasteiger partial charge in [-0.05, 0) is 0 Å². The molecule has 0 amide bonds. The Hall–Kier alpha value is 1.24. The number of allylic oxidation sites excluding steroid dienone is 4. The van der Waals surface area contributed by atoms with Crippen molar-refractivity contribution in [3.8, 4) is 0 Å². The first kappa shape index (κ1) is 22.4. The zero-order valence-corrected chi connectivity index (χ0v) is 14.9. The van der Waals surface area contributed by atoms with Crippen molar-refractivity contribution in [2.45, 2.75) is 30.9 Å². The summed E-state index contributed by atoms with van der Waals surface area (Å²) in [5.41, 5.74) is 8.14. The standard InChI is InChI=1S/C6H7.C4H10N.3ClH.H2Si.Ti/c1-6-4-2-3-5-6;1-2-3-4-5;;;;;/h2-4H,1,5H2;5H,2-4H2,1H3;3*1H;1H2;/q;-1;;;;;+4/p-3. The third-order valence-electron chi connectivity index (χ3n) is 1.80. The maximum absolute atomic E-state index is 6.60. The van der Waals surface area contributed by atoms with Gasteiger partial charge in [0.15, 0.2) is 0 Å². The van der Waals surface area contributed by atoms with Crippen LogP contribution in [0.25, 0.3) is 5.73 Å². The molecule has 0 unspecified atom stereocenters. The van der Waals surface area contributed by atoms with Gasteiger partial charge in [-0.3, -0.25) is 0 Å². The molecule has 1 N–H and O–H groups in total. The van der Waals surface area contributed by atoms with Crippen LogP contribution >= 0.6 is 9.30 Å². The van der Waals surface area contributed by atoms with E-state index in [1.54, 1.807) is 0 Å². The molecule has 0 atom stereocenters. The number of nitrogens with one attached hydrogen (secondary N) is 1. The zero-order chi connectivity index (χ0) is 10.8. The van der Waals surface area contributed by atoms with Crippen molar-refractivity contribution < 1.29 is 40.4 Å². The van der Waals surface area contributed by atoms with E-state index in [0.717, 1.165) is 19.3 Å². The van der Waals surface area contributed by atoms with Gasteiger partial charge in [-0.2, -0.15) is 6.54 Å². The van der Waals surface area contributed by atoms with Gasteiger partial charge in [0.05, 0.1) is 0 Å². The predicted molar refractivity (Wildman–Crippen MR) is 65.1 cm³/mol. The van der Waals surface area contributed by atoms with E-state index < -0.39 is 15.5 Å². The quantitative estimate of drug-likeness (QED) is 0.506. The van der Waals surface area contributed by atoms with Crippen molar-refractivity contribution in [2.24, 2.45) is 0 Å². The Balaban J connectivity index is -0.000000214. The molecule has 0 aromatic rings. The molecular formula is C10H19Cl3NSiTi. The zero-order valence-electron chi connectivity index (χ0n) is 9.61. The number of halogens is 3. The summed E-state index contributed by atoms with van der Waals surface area (Å²) in [4.78, 5) is 0. The topological polar surface area (TPSA) is 23.8 Å². The first-order valence-corrected chi connectivity index (χ1v) is 12.3. The second kappa shape index (κ2) is 16.2. The van der Waals surface area contributed by atoms with Crippen LogP contribution in [0, 0.1) is 0 Å². The van der Waals surface area contributed by atoms with Gasteiger partial charge in [0.1, 0.15) is 0 Å². The molecule has 0 saturated carbocycles. The molecule has 0 fully saturated rings. The number of unbranched alkanes of at least 4 members (excludes halogenated alkanes) is 1. The predicted octanol–water partition coefficient (Wildman–Crippen LogP) is -2.54. The van der Waals surface area contributed by atoms with E-state index in [0.29, 0.717) is 6.54 Å². The van der Waals surface area contributed by atoms with Crippen LogP contribution in [0.5, 0.6) is 0 Å².